The molecule has 1 aliphatic heterocycles. The number of benzene rings is 3. The van der Waals surface area contributed by atoms with Crippen LogP contribution in [0.5, 0.6) is 5.75 Å². The van der Waals surface area contributed by atoms with E-state index in [1.54, 1.807) is 29.2 Å². The van der Waals surface area contributed by atoms with Crippen LogP contribution in [0.3, 0.4) is 0 Å². The zero-order valence-electron chi connectivity index (χ0n) is 17.4. The Balaban J connectivity index is 1.32. The predicted molar refractivity (Wildman–Crippen MR) is 118 cm³/mol. The lowest BCUT2D eigenvalue weighted by Crippen LogP contribution is -2.43. The van der Waals surface area contributed by atoms with Crippen molar-refractivity contribution in [3.05, 3.63) is 96.3 Å². The van der Waals surface area contributed by atoms with Crippen molar-refractivity contribution in [2.75, 3.05) is 18.1 Å². The number of ether oxygens (including phenoxy) is 2. The van der Waals surface area contributed by atoms with E-state index in [4.69, 9.17) is 9.47 Å². The normalized spacial score (nSPS) is 14.8. The molecule has 2 heterocycles. The predicted octanol–water partition coefficient (Wildman–Crippen LogP) is 2.99. The number of para-hydroxylation sites is 2. The van der Waals surface area contributed by atoms with Crippen LogP contribution in [0.15, 0.2) is 85.2 Å². The molecule has 1 aromatic heterocycles. The third kappa shape index (κ3) is 4.16. The van der Waals surface area contributed by atoms with Crippen LogP contribution in [0.1, 0.15) is 22.0 Å². The van der Waals surface area contributed by atoms with Crippen molar-refractivity contribution in [2.45, 2.75) is 6.04 Å². The number of hydrogen-bond acceptors (Lipinski definition) is 7. The van der Waals surface area contributed by atoms with E-state index in [9.17, 15) is 9.59 Å². The van der Waals surface area contributed by atoms with Gasteiger partial charge >= 0.3 is 5.97 Å². The van der Waals surface area contributed by atoms with E-state index in [0.717, 1.165) is 5.56 Å². The van der Waals surface area contributed by atoms with Crippen LogP contribution in [0.2, 0.25) is 0 Å². The lowest BCUT2D eigenvalue weighted by Gasteiger charge is -2.37. The molecule has 0 fully saturated rings. The minimum Gasteiger partial charge on any atom is -0.489 e. The van der Waals surface area contributed by atoms with E-state index in [1.807, 2.05) is 54.6 Å². The van der Waals surface area contributed by atoms with E-state index < -0.39 is 12.6 Å². The number of rotatable bonds is 5. The Labute approximate surface area is 189 Å². The molecular weight excluding hydrogens is 422 g/mol. The molecule has 1 atom stereocenters. The van der Waals surface area contributed by atoms with Gasteiger partial charge in [-0.25, -0.2) is 9.48 Å². The van der Waals surface area contributed by atoms with Crippen LogP contribution < -0.4 is 9.64 Å². The fourth-order valence-corrected chi connectivity index (χ4v) is 3.73. The van der Waals surface area contributed by atoms with Crippen LogP contribution in [0, 0.1) is 0 Å². The maximum absolute atomic E-state index is 13.3. The van der Waals surface area contributed by atoms with Crippen molar-refractivity contribution < 1.29 is 19.1 Å². The van der Waals surface area contributed by atoms with Gasteiger partial charge in [-0.2, -0.15) is 0 Å². The number of esters is 1. The highest BCUT2D eigenvalue weighted by molar-refractivity contribution is 5.99. The maximum Gasteiger partial charge on any atom is 0.338 e. The minimum atomic E-state index is -0.593. The van der Waals surface area contributed by atoms with Crippen LogP contribution in [-0.4, -0.2) is 45.3 Å². The molecule has 0 radical (unpaired) electrons. The minimum absolute atomic E-state index is 0.305. The SMILES string of the molecule is O=C(OCC(=O)N1c2ccccc2OC[C@@H]1c1ccccc1)c1ccc(-n2cnnn2)cc1. The molecule has 1 amide bonds. The summed E-state index contributed by atoms with van der Waals surface area (Å²) in [5.74, 6) is -0.315. The standard InChI is InChI=1S/C24H19N5O4/c30-23(15-33-24(31)18-10-12-19(13-11-18)28-16-25-26-27-28)29-20-8-4-5-9-22(20)32-14-21(29)17-6-2-1-3-7-17/h1-13,16,21H,14-15H2/t21-/m1/s1. The summed E-state index contributed by atoms with van der Waals surface area (Å²) in [5.41, 5.74) is 2.60. The van der Waals surface area contributed by atoms with Crippen LogP contribution in [0.4, 0.5) is 5.69 Å². The fourth-order valence-electron chi connectivity index (χ4n) is 3.73. The average Bonchev–Trinajstić information content (AvgIpc) is 3.42. The summed E-state index contributed by atoms with van der Waals surface area (Å²) in [6, 6.07) is 23.2. The largest absolute Gasteiger partial charge is 0.489 e. The first kappa shape index (κ1) is 20.4. The van der Waals surface area contributed by atoms with Gasteiger partial charge in [-0.3, -0.25) is 9.69 Å². The number of fused-ring (bicyclic) bond motifs is 1. The van der Waals surface area contributed by atoms with Crippen molar-refractivity contribution in [3.63, 3.8) is 0 Å². The smallest absolute Gasteiger partial charge is 0.338 e. The van der Waals surface area contributed by atoms with Crippen molar-refractivity contribution in [1.29, 1.82) is 0 Å². The Kier molecular flexibility index (Phi) is 5.50. The summed E-state index contributed by atoms with van der Waals surface area (Å²) in [6.45, 7) is -0.0927. The van der Waals surface area contributed by atoms with Crippen LogP contribution >= 0.6 is 0 Å². The second-order valence-electron chi connectivity index (χ2n) is 7.35. The topological polar surface area (TPSA) is 99.4 Å². The van der Waals surface area contributed by atoms with Crippen LogP contribution in [0.25, 0.3) is 5.69 Å². The van der Waals surface area contributed by atoms with Gasteiger partial charge in [-0.15, -0.1) is 5.10 Å². The summed E-state index contributed by atoms with van der Waals surface area (Å²) in [6.07, 6.45) is 1.45. The van der Waals surface area contributed by atoms with Gasteiger partial charge < -0.3 is 9.47 Å². The van der Waals surface area contributed by atoms with E-state index in [2.05, 4.69) is 15.5 Å². The summed E-state index contributed by atoms with van der Waals surface area (Å²) in [4.78, 5) is 27.5. The van der Waals surface area contributed by atoms with Crippen molar-refractivity contribution in [3.8, 4) is 11.4 Å². The number of hydrogen-bond donors (Lipinski definition) is 0. The van der Waals surface area contributed by atoms with E-state index >= 15 is 0 Å². The molecule has 1 aliphatic rings. The van der Waals surface area contributed by atoms with Gasteiger partial charge in [-0.1, -0.05) is 42.5 Å². The molecule has 0 aliphatic carbocycles. The first-order valence-electron chi connectivity index (χ1n) is 10.3. The average molecular weight is 441 g/mol. The Morgan fingerprint density at radius 3 is 2.48 bits per heavy atom. The van der Waals surface area contributed by atoms with Gasteiger partial charge in [-0.05, 0) is 52.4 Å². The van der Waals surface area contributed by atoms with Gasteiger partial charge in [0.1, 0.15) is 18.7 Å². The highest BCUT2D eigenvalue weighted by Crippen LogP contribution is 2.39. The molecule has 164 valence electrons. The first-order chi connectivity index (χ1) is 16.2. The van der Waals surface area contributed by atoms with Crippen molar-refractivity contribution >= 4 is 17.6 Å². The summed E-state index contributed by atoms with van der Waals surface area (Å²) < 4.78 is 12.7. The number of amides is 1. The second-order valence-corrected chi connectivity index (χ2v) is 7.35. The molecule has 0 unspecified atom stereocenters. The second kappa shape index (κ2) is 8.91. The van der Waals surface area contributed by atoms with Crippen molar-refractivity contribution in [2.24, 2.45) is 0 Å². The molecule has 9 heteroatoms. The van der Waals surface area contributed by atoms with E-state index in [1.165, 1.54) is 11.0 Å². The Morgan fingerprint density at radius 1 is 0.970 bits per heavy atom. The molecule has 9 nitrogen and oxygen atoms in total. The van der Waals surface area contributed by atoms with E-state index in [0.29, 0.717) is 29.3 Å². The Morgan fingerprint density at radius 2 is 1.73 bits per heavy atom. The fraction of sp³-hybridized carbons (Fsp3) is 0.125. The highest BCUT2D eigenvalue weighted by atomic mass is 16.5. The van der Waals surface area contributed by atoms with Gasteiger partial charge in [0.2, 0.25) is 0 Å². The molecule has 0 N–H and O–H groups in total. The highest BCUT2D eigenvalue weighted by Gasteiger charge is 2.33. The summed E-state index contributed by atoms with van der Waals surface area (Å²) in [5, 5.41) is 11.0. The molecular formula is C24H19N5O4. The summed E-state index contributed by atoms with van der Waals surface area (Å²) in [7, 11) is 0. The number of anilines is 1. The van der Waals surface area contributed by atoms with Gasteiger partial charge in [0.25, 0.3) is 5.91 Å². The number of carbonyl (C=O) groups is 2. The molecule has 0 spiro atoms. The molecule has 3 aromatic carbocycles. The number of tetrazole rings is 1. The van der Waals surface area contributed by atoms with Crippen molar-refractivity contribution in [1.82, 2.24) is 20.2 Å². The number of nitrogens with zero attached hydrogens (tertiary/aromatic N) is 5. The molecule has 4 aromatic rings. The zero-order valence-corrected chi connectivity index (χ0v) is 17.4. The zero-order chi connectivity index (χ0) is 22.6. The molecule has 33 heavy (non-hydrogen) atoms. The lowest BCUT2D eigenvalue weighted by molar-refractivity contribution is -0.122. The monoisotopic (exact) mass is 441 g/mol. The lowest BCUT2D eigenvalue weighted by atomic mass is 10.0. The molecule has 0 saturated heterocycles. The molecule has 0 bridgehead atoms. The van der Waals surface area contributed by atoms with Gasteiger partial charge in [0.05, 0.1) is 23.0 Å². The maximum atomic E-state index is 13.3. The van der Waals surface area contributed by atoms with Gasteiger partial charge in [0.15, 0.2) is 6.61 Å². The molecule has 0 saturated carbocycles. The Hall–Kier alpha value is -4.53. The molecule has 5 rings (SSSR count). The van der Waals surface area contributed by atoms with Crippen LogP contribution in [-0.2, 0) is 9.53 Å². The van der Waals surface area contributed by atoms with Gasteiger partial charge in [0, 0.05) is 0 Å². The third-order valence-corrected chi connectivity index (χ3v) is 5.33. The summed E-state index contributed by atoms with van der Waals surface area (Å²) >= 11 is 0. The van der Waals surface area contributed by atoms with E-state index in [-0.39, 0.29) is 11.9 Å². The number of carbonyl (C=O) groups excluding carboxylic acids is 2. The quantitative estimate of drug-likeness (QED) is 0.439. The number of aromatic nitrogens is 4. The first-order valence-corrected chi connectivity index (χ1v) is 10.3. The Bertz CT molecular complexity index is 1260. The third-order valence-electron chi connectivity index (χ3n) is 5.33.